The summed E-state index contributed by atoms with van der Waals surface area (Å²) < 4.78 is 13.5. The van der Waals surface area contributed by atoms with Gasteiger partial charge in [0.1, 0.15) is 10.7 Å². The molecule has 2 N–H and O–H groups in total. The summed E-state index contributed by atoms with van der Waals surface area (Å²) in [4.78, 5) is 29.0. The molecule has 0 saturated carbocycles. The lowest BCUT2D eigenvalue weighted by Gasteiger charge is -2.20. The Labute approximate surface area is 159 Å². The van der Waals surface area contributed by atoms with Crippen molar-refractivity contribution in [3.63, 3.8) is 0 Å². The number of nitrogens with one attached hydrogen (secondary N) is 2. The van der Waals surface area contributed by atoms with Crippen molar-refractivity contribution in [2.24, 2.45) is 0 Å². The van der Waals surface area contributed by atoms with Gasteiger partial charge in [-0.25, -0.2) is 9.37 Å². The fourth-order valence-corrected chi connectivity index (χ4v) is 3.90. The highest BCUT2D eigenvalue weighted by Gasteiger charge is 2.20. The Morgan fingerprint density at radius 2 is 2.11 bits per heavy atom. The number of amides is 2. The Morgan fingerprint density at radius 1 is 1.26 bits per heavy atom. The first kappa shape index (κ1) is 17.4. The van der Waals surface area contributed by atoms with Gasteiger partial charge < -0.3 is 10.6 Å². The SMILES string of the molecule is Cc1cc(NC(=O)c2scnc2-c2cccc(F)c2)cc2c1NC(=O)CC2. The summed E-state index contributed by atoms with van der Waals surface area (Å²) in [6.45, 7) is 1.89. The van der Waals surface area contributed by atoms with E-state index in [-0.39, 0.29) is 17.6 Å². The molecule has 2 amide bonds. The topological polar surface area (TPSA) is 71.1 Å². The van der Waals surface area contributed by atoms with Gasteiger partial charge in [-0.05, 0) is 48.7 Å². The average molecular weight is 381 g/mol. The number of hydrogen-bond donors (Lipinski definition) is 2. The largest absolute Gasteiger partial charge is 0.326 e. The van der Waals surface area contributed by atoms with Gasteiger partial charge in [0.15, 0.2) is 0 Å². The summed E-state index contributed by atoms with van der Waals surface area (Å²) in [6.07, 6.45) is 1.07. The van der Waals surface area contributed by atoms with Gasteiger partial charge in [0.05, 0.1) is 11.2 Å². The predicted octanol–water partition coefficient (Wildman–Crippen LogP) is 4.39. The van der Waals surface area contributed by atoms with Crippen LogP contribution in [0, 0.1) is 12.7 Å². The Balaban J connectivity index is 1.62. The fourth-order valence-electron chi connectivity index (χ4n) is 3.20. The zero-order chi connectivity index (χ0) is 19.0. The number of carbonyl (C=O) groups excluding carboxylic acids is 2. The predicted molar refractivity (Wildman–Crippen MR) is 104 cm³/mol. The van der Waals surface area contributed by atoms with Crippen molar-refractivity contribution in [1.82, 2.24) is 4.98 Å². The third kappa shape index (κ3) is 3.46. The minimum Gasteiger partial charge on any atom is -0.326 e. The Hall–Kier alpha value is -3.06. The lowest BCUT2D eigenvalue weighted by molar-refractivity contribution is -0.116. The highest BCUT2D eigenvalue weighted by atomic mass is 32.1. The van der Waals surface area contributed by atoms with Gasteiger partial charge >= 0.3 is 0 Å². The van der Waals surface area contributed by atoms with E-state index < -0.39 is 0 Å². The van der Waals surface area contributed by atoms with E-state index in [0.29, 0.717) is 34.7 Å². The molecule has 0 bridgehead atoms. The number of thiazole rings is 1. The number of aryl methyl sites for hydroxylation is 2. The normalized spacial score (nSPS) is 13.0. The van der Waals surface area contributed by atoms with E-state index in [9.17, 15) is 14.0 Å². The summed E-state index contributed by atoms with van der Waals surface area (Å²) in [5.74, 6) is -0.665. The molecule has 3 aromatic rings. The monoisotopic (exact) mass is 381 g/mol. The molecule has 0 spiro atoms. The lowest BCUT2D eigenvalue weighted by atomic mass is 9.98. The standard InChI is InChI=1S/C20H16FN3O2S/c1-11-7-15(9-13-5-6-16(25)24-17(11)13)23-20(26)19-18(22-10-27-19)12-3-2-4-14(21)8-12/h2-4,7-10H,5-6H2,1H3,(H,23,26)(H,24,25). The molecule has 1 aromatic heterocycles. The van der Waals surface area contributed by atoms with Crippen LogP contribution < -0.4 is 10.6 Å². The van der Waals surface area contributed by atoms with Crippen molar-refractivity contribution in [2.45, 2.75) is 19.8 Å². The lowest BCUT2D eigenvalue weighted by Crippen LogP contribution is -2.20. The van der Waals surface area contributed by atoms with E-state index in [2.05, 4.69) is 15.6 Å². The first-order valence-corrected chi connectivity index (χ1v) is 9.33. The maximum atomic E-state index is 13.5. The van der Waals surface area contributed by atoms with E-state index in [4.69, 9.17) is 0 Å². The number of aromatic nitrogens is 1. The summed E-state index contributed by atoms with van der Waals surface area (Å²) in [5.41, 5.74) is 5.96. The van der Waals surface area contributed by atoms with Crippen molar-refractivity contribution in [3.8, 4) is 11.3 Å². The summed E-state index contributed by atoms with van der Waals surface area (Å²) in [5, 5.41) is 5.77. The number of benzene rings is 2. The highest BCUT2D eigenvalue weighted by molar-refractivity contribution is 7.12. The summed E-state index contributed by atoms with van der Waals surface area (Å²) in [6, 6.07) is 9.73. The molecule has 0 atom stereocenters. The minimum atomic E-state index is -0.376. The van der Waals surface area contributed by atoms with E-state index >= 15 is 0 Å². The first-order chi connectivity index (χ1) is 13.0. The van der Waals surface area contributed by atoms with Crippen LogP contribution in [0.5, 0.6) is 0 Å². The molecule has 0 fully saturated rings. The van der Waals surface area contributed by atoms with E-state index in [0.717, 1.165) is 16.8 Å². The van der Waals surface area contributed by atoms with E-state index in [1.807, 2.05) is 19.1 Å². The molecular formula is C20H16FN3O2S. The van der Waals surface area contributed by atoms with Crippen LogP contribution in [0.15, 0.2) is 41.9 Å². The molecule has 0 unspecified atom stereocenters. The highest BCUT2D eigenvalue weighted by Crippen LogP contribution is 2.31. The minimum absolute atomic E-state index is 0.00628. The van der Waals surface area contributed by atoms with Crippen LogP contribution >= 0.6 is 11.3 Å². The number of rotatable bonds is 3. The first-order valence-electron chi connectivity index (χ1n) is 8.45. The van der Waals surface area contributed by atoms with Crippen LogP contribution in [-0.2, 0) is 11.2 Å². The zero-order valence-electron chi connectivity index (χ0n) is 14.5. The van der Waals surface area contributed by atoms with Gasteiger partial charge in [0.2, 0.25) is 5.91 Å². The Morgan fingerprint density at radius 3 is 2.93 bits per heavy atom. The van der Waals surface area contributed by atoms with Crippen LogP contribution in [0.25, 0.3) is 11.3 Å². The Bertz CT molecular complexity index is 1060. The van der Waals surface area contributed by atoms with Gasteiger partial charge in [0.25, 0.3) is 5.91 Å². The molecule has 2 heterocycles. The molecule has 136 valence electrons. The molecule has 2 aromatic carbocycles. The fraction of sp³-hybridized carbons (Fsp3) is 0.150. The smallest absolute Gasteiger partial charge is 0.268 e. The molecule has 27 heavy (non-hydrogen) atoms. The van der Waals surface area contributed by atoms with Crippen molar-refractivity contribution in [3.05, 3.63) is 63.7 Å². The van der Waals surface area contributed by atoms with Gasteiger partial charge in [-0.3, -0.25) is 9.59 Å². The van der Waals surface area contributed by atoms with Crippen molar-refractivity contribution < 1.29 is 14.0 Å². The molecule has 1 aliphatic rings. The van der Waals surface area contributed by atoms with Crippen LogP contribution in [0.3, 0.4) is 0 Å². The number of nitrogens with zero attached hydrogens (tertiary/aromatic N) is 1. The second-order valence-electron chi connectivity index (χ2n) is 6.37. The number of anilines is 2. The Kier molecular flexibility index (Phi) is 4.45. The number of fused-ring (bicyclic) bond motifs is 1. The maximum Gasteiger partial charge on any atom is 0.268 e. The third-order valence-corrected chi connectivity index (χ3v) is 5.26. The van der Waals surface area contributed by atoms with Crippen LogP contribution in [-0.4, -0.2) is 16.8 Å². The molecule has 0 aliphatic carbocycles. The van der Waals surface area contributed by atoms with E-state index in [1.165, 1.54) is 23.5 Å². The number of hydrogen-bond acceptors (Lipinski definition) is 4. The average Bonchev–Trinajstić information content (AvgIpc) is 3.12. The van der Waals surface area contributed by atoms with Crippen LogP contribution in [0.4, 0.5) is 15.8 Å². The second kappa shape index (κ2) is 6.92. The third-order valence-electron chi connectivity index (χ3n) is 4.43. The zero-order valence-corrected chi connectivity index (χ0v) is 15.3. The molecular weight excluding hydrogens is 365 g/mol. The van der Waals surface area contributed by atoms with Gasteiger partial charge in [0, 0.05) is 23.4 Å². The van der Waals surface area contributed by atoms with Gasteiger partial charge in [-0.2, -0.15) is 0 Å². The summed E-state index contributed by atoms with van der Waals surface area (Å²) >= 11 is 1.21. The summed E-state index contributed by atoms with van der Waals surface area (Å²) in [7, 11) is 0. The molecule has 0 radical (unpaired) electrons. The van der Waals surface area contributed by atoms with Crippen LogP contribution in [0.1, 0.15) is 27.2 Å². The molecule has 1 aliphatic heterocycles. The molecule has 0 saturated heterocycles. The molecule has 4 rings (SSSR count). The molecule has 5 nitrogen and oxygen atoms in total. The van der Waals surface area contributed by atoms with Gasteiger partial charge in [-0.15, -0.1) is 11.3 Å². The molecule has 7 heteroatoms. The van der Waals surface area contributed by atoms with E-state index in [1.54, 1.807) is 17.6 Å². The number of halogens is 1. The van der Waals surface area contributed by atoms with Crippen molar-refractivity contribution in [2.75, 3.05) is 10.6 Å². The van der Waals surface area contributed by atoms with Crippen molar-refractivity contribution >= 4 is 34.5 Å². The maximum absolute atomic E-state index is 13.5. The van der Waals surface area contributed by atoms with Crippen LogP contribution in [0.2, 0.25) is 0 Å². The number of carbonyl (C=O) groups is 2. The van der Waals surface area contributed by atoms with Crippen molar-refractivity contribution in [1.29, 1.82) is 0 Å². The van der Waals surface area contributed by atoms with Gasteiger partial charge in [-0.1, -0.05) is 12.1 Å². The second-order valence-corrected chi connectivity index (χ2v) is 7.22. The quantitative estimate of drug-likeness (QED) is 0.707.